The second-order valence-corrected chi connectivity index (χ2v) is 4.71. The third kappa shape index (κ3) is 4.47. The first-order valence-corrected chi connectivity index (χ1v) is 7.00. The molecule has 0 bridgehead atoms. The molecular formula is C13H17N3O4S. The quantitative estimate of drug-likeness (QED) is 0.762. The van der Waals surface area contributed by atoms with E-state index in [9.17, 15) is 5.11 Å². The van der Waals surface area contributed by atoms with Gasteiger partial charge in [-0.25, -0.2) is 0 Å². The molecular weight excluding hydrogens is 294 g/mol. The van der Waals surface area contributed by atoms with E-state index in [1.54, 1.807) is 32.4 Å². The zero-order chi connectivity index (χ0) is 15.1. The van der Waals surface area contributed by atoms with Crippen molar-refractivity contribution in [2.45, 2.75) is 6.10 Å². The van der Waals surface area contributed by atoms with Gasteiger partial charge < -0.3 is 24.6 Å². The fraction of sp³-hybridized carbons (Fsp3) is 0.385. The maximum Gasteiger partial charge on any atom is 0.245 e. The van der Waals surface area contributed by atoms with Gasteiger partial charge in [-0.15, -0.1) is 4.37 Å². The summed E-state index contributed by atoms with van der Waals surface area (Å²) in [6, 6.07) is 5.40. The zero-order valence-corrected chi connectivity index (χ0v) is 12.6. The van der Waals surface area contributed by atoms with Gasteiger partial charge in [0.2, 0.25) is 5.88 Å². The number of aliphatic hydroxyl groups excluding tert-OH is 1. The Morgan fingerprint density at radius 2 is 2.19 bits per heavy atom. The van der Waals surface area contributed by atoms with Gasteiger partial charge in [0.1, 0.15) is 30.4 Å². The Morgan fingerprint density at radius 3 is 2.86 bits per heavy atom. The van der Waals surface area contributed by atoms with Crippen molar-refractivity contribution in [1.29, 1.82) is 0 Å². The standard InChI is InChI=1S/C13H17N3O4S/c1-18-10-3-4-12(19-2)11(5-10)14-6-9(17)8-20-13-7-15-21-16-13/h3-5,7,9,14,17H,6,8H2,1-2H3. The Morgan fingerprint density at radius 1 is 1.33 bits per heavy atom. The van der Waals surface area contributed by atoms with Crippen LogP contribution in [0.3, 0.4) is 0 Å². The van der Waals surface area contributed by atoms with Crippen LogP contribution >= 0.6 is 11.7 Å². The van der Waals surface area contributed by atoms with Crippen LogP contribution in [-0.4, -0.2) is 47.3 Å². The summed E-state index contributed by atoms with van der Waals surface area (Å²) in [6.07, 6.45) is 0.818. The average Bonchev–Trinajstić information content (AvgIpc) is 3.04. The van der Waals surface area contributed by atoms with Crippen LogP contribution < -0.4 is 19.5 Å². The Kier molecular flexibility index (Phi) is 5.59. The van der Waals surface area contributed by atoms with E-state index in [4.69, 9.17) is 14.2 Å². The molecule has 1 aromatic heterocycles. The normalized spacial score (nSPS) is 11.8. The molecule has 2 N–H and O–H groups in total. The summed E-state index contributed by atoms with van der Waals surface area (Å²) in [4.78, 5) is 0. The summed E-state index contributed by atoms with van der Waals surface area (Å²) in [5.41, 5.74) is 0.742. The first-order chi connectivity index (χ1) is 10.2. The van der Waals surface area contributed by atoms with Gasteiger partial charge in [-0.2, -0.15) is 4.37 Å². The van der Waals surface area contributed by atoms with E-state index in [2.05, 4.69) is 14.1 Å². The third-order valence-corrected chi connectivity index (χ3v) is 3.16. The minimum absolute atomic E-state index is 0.130. The molecule has 0 saturated carbocycles. The van der Waals surface area contributed by atoms with Gasteiger partial charge in [-0.1, -0.05) is 0 Å². The van der Waals surface area contributed by atoms with Gasteiger partial charge in [-0.3, -0.25) is 0 Å². The molecule has 0 radical (unpaired) electrons. The number of aromatic nitrogens is 2. The van der Waals surface area contributed by atoms with Gasteiger partial charge in [-0.05, 0) is 12.1 Å². The molecule has 0 aliphatic heterocycles. The highest BCUT2D eigenvalue weighted by molar-refractivity contribution is 6.99. The van der Waals surface area contributed by atoms with Gasteiger partial charge in [0.05, 0.1) is 31.6 Å². The molecule has 1 heterocycles. The van der Waals surface area contributed by atoms with E-state index in [0.717, 1.165) is 17.4 Å². The van der Waals surface area contributed by atoms with E-state index in [0.29, 0.717) is 23.9 Å². The van der Waals surface area contributed by atoms with Gasteiger partial charge in [0.25, 0.3) is 0 Å². The summed E-state index contributed by atoms with van der Waals surface area (Å²) >= 11 is 1.06. The summed E-state index contributed by atoms with van der Waals surface area (Å²) in [7, 11) is 3.18. The van der Waals surface area contributed by atoms with Gasteiger partial charge >= 0.3 is 0 Å². The van der Waals surface area contributed by atoms with Crippen molar-refractivity contribution >= 4 is 17.4 Å². The molecule has 0 amide bonds. The molecule has 1 unspecified atom stereocenters. The summed E-state index contributed by atoms with van der Waals surface area (Å²) in [5.74, 6) is 1.79. The van der Waals surface area contributed by atoms with E-state index in [-0.39, 0.29) is 6.61 Å². The number of hydrogen-bond acceptors (Lipinski definition) is 8. The molecule has 0 saturated heterocycles. The fourth-order valence-electron chi connectivity index (χ4n) is 1.64. The highest BCUT2D eigenvalue weighted by atomic mass is 32.1. The summed E-state index contributed by atoms with van der Waals surface area (Å²) in [6.45, 7) is 0.436. The van der Waals surface area contributed by atoms with Crippen molar-refractivity contribution in [3.63, 3.8) is 0 Å². The Bertz CT molecular complexity index is 550. The molecule has 7 nitrogen and oxygen atoms in total. The topological polar surface area (TPSA) is 85.7 Å². The number of benzene rings is 1. The Balaban J connectivity index is 1.86. The minimum Gasteiger partial charge on any atom is -0.497 e. The number of aliphatic hydroxyl groups is 1. The number of rotatable bonds is 8. The Hall–Kier alpha value is -2.06. The lowest BCUT2D eigenvalue weighted by molar-refractivity contribution is 0.115. The van der Waals surface area contributed by atoms with E-state index in [1.807, 2.05) is 0 Å². The van der Waals surface area contributed by atoms with Crippen LogP contribution in [0.25, 0.3) is 0 Å². The maximum absolute atomic E-state index is 9.90. The molecule has 1 aromatic carbocycles. The lowest BCUT2D eigenvalue weighted by atomic mass is 10.2. The molecule has 0 aliphatic carbocycles. The number of nitrogens with one attached hydrogen (secondary N) is 1. The predicted molar refractivity (Wildman–Crippen MR) is 79.4 cm³/mol. The van der Waals surface area contributed by atoms with Crippen LogP contribution in [0.5, 0.6) is 17.4 Å². The van der Waals surface area contributed by atoms with Crippen LogP contribution in [0.15, 0.2) is 24.4 Å². The van der Waals surface area contributed by atoms with Crippen molar-refractivity contribution in [3.05, 3.63) is 24.4 Å². The molecule has 0 fully saturated rings. The van der Waals surface area contributed by atoms with E-state index < -0.39 is 6.10 Å². The average molecular weight is 311 g/mol. The minimum atomic E-state index is -0.692. The molecule has 114 valence electrons. The molecule has 0 aliphatic rings. The van der Waals surface area contributed by atoms with Gasteiger partial charge in [0, 0.05) is 12.6 Å². The SMILES string of the molecule is COc1ccc(OC)c(NCC(O)COc2cnsn2)c1. The Labute approximate surface area is 126 Å². The van der Waals surface area contributed by atoms with Crippen molar-refractivity contribution < 1.29 is 19.3 Å². The molecule has 21 heavy (non-hydrogen) atoms. The molecule has 8 heteroatoms. The second kappa shape index (κ2) is 7.65. The third-order valence-electron chi connectivity index (χ3n) is 2.70. The molecule has 1 atom stereocenters. The number of ether oxygens (including phenoxy) is 3. The van der Waals surface area contributed by atoms with Crippen LogP contribution in [0, 0.1) is 0 Å². The first kappa shape index (κ1) is 15.3. The predicted octanol–water partition coefficient (Wildman–Crippen LogP) is 1.41. The molecule has 2 rings (SSSR count). The van der Waals surface area contributed by atoms with E-state index >= 15 is 0 Å². The van der Waals surface area contributed by atoms with Crippen molar-refractivity contribution in [2.75, 3.05) is 32.7 Å². The largest absolute Gasteiger partial charge is 0.497 e. The molecule has 0 spiro atoms. The zero-order valence-electron chi connectivity index (χ0n) is 11.8. The monoisotopic (exact) mass is 311 g/mol. The number of anilines is 1. The lowest BCUT2D eigenvalue weighted by Gasteiger charge is -2.15. The van der Waals surface area contributed by atoms with Crippen LogP contribution in [-0.2, 0) is 0 Å². The lowest BCUT2D eigenvalue weighted by Crippen LogP contribution is -2.26. The smallest absolute Gasteiger partial charge is 0.245 e. The molecule has 2 aromatic rings. The van der Waals surface area contributed by atoms with Crippen LogP contribution in [0.4, 0.5) is 5.69 Å². The fourth-order valence-corrected chi connectivity index (χ4v) is 2.00. The number of methoxy groups -OCH3 is 2. The summed E-state index contributed by atoms with van der Waals surface area (Å²) < 4.78 is 23.4. The maximum atomic E-state index is 9.90. The second-order valence-electron chi connectivity index (χ2n) is 4.16. The number of hydrogen-bond donors (Lipinski definition) is 2. The number of nitrogens with zero attached hydrogens (tertiary/aromatic N) is 2. The van der Waals surface area contributed by atoms with Gasteiger partial charge in [0.15, 0.2) is 0 Å². The summed E-state index contributed by atoms with van der Waals surface area (Å²) in [5, 5.41) is 13.0. The highest BCUT2D eigenvalue weighted by Gasteiger charge is 2.09. The van der Waals surface area contributed by atoms with Crippen molar-refractivity contribution in [2.24, 2.45) is 0 Å². The van der Waals surface area contributed by atoms with E-state index in [1.165, 1.54) is 6.20 Å². The van der Waals surface area contributed by atoms with Crippen molar-refractivity contribution in [3.8, 4) is 17.4 Å². The highest BCUT2D eigenvalue weighted by Crippen LogP contribution is 2.28. The van der Waals surface area contributed by atoms with Crippen LogP contribution in [0.1, 0.15) is 0 Å². The first-order valence-electron chi connectivity index (χ1n) is 6.27. The van der Waals surface area contributed by atoms with Crippen LogP contribution in [0.2, 0.25) is 0 Å². The van der Waals surface area contributed by atoms with Crippen molar-refractivity contribution in [1.82, 2.24) is 8.75 Å².